The van der Waals surface area contributed by atoms with Gasteiger partial charge in [-0.1, -0.05) is 12.1 Å². The first-order valence-electron chi connectivity index (χ1n) is 8.02. The van der Waals surface area contributed by atoms with Gasteiger partial charge >= 0.3 is 0 Å². The zero-order valence-corrected chi connectivity index (χ0v) is 13.9. The van der Waals surface area contributed by atoms with Crippen molar-refractivity contribution in [2.75, 3.05) is 10.6 Å². The van der Waals surface area contributed by atoms with Crippen LogP contribution in [-0.4, -0.2) is 19.9 Å². The second-order valence-electron chi connectivity index (χ2n) is 5.75. The van der Waals surface area contributed by atoms with Crippen molar-refractivity contribution in [1.29, 1.82) is 0 Å². The molecule has 0 aliphatic carbocycles. The molecule has 2 aromatic heterocycles. The number of hydrogen-bond donors (Lipinski definition) is 2. The molecule has 0 bridgehead atoms. The number of hydrogen-bond acceptors (Lipinski definition) is 6. The number of benzene rings is 2. The lowest BCUT2D eigenvalue weighted by Crippen LogP contribution is -2.04. The number of aryl methyl sites for hydroxylation is 1. The fourth-order valence-corrected chi connectivity index (χ4v) is 2.53. The topological polar surface area (TPSA) is 75.6 Å². The highest BCUT2D eigenvalue weighted by Crippen LogP contribution is 2.24. The standard InChI is InChI=1S/C19H15FN6/c1-12-3-2-4-15(11-12)24-19-25-17-16(21-9-10-22-17)18(26-19)23-14-7-5-13(20)6-8-14/h2-11H,1H3,(H2,22,23,24,25,26). The summed E-state index contributed by atoms with van der Waals surface area (Å²) in [6, 6.07) is 13.9. The maximum absolute atomic E-state index is 13.1. The number of halogens is 1. The SMILES string of the molecule is Cc1cccc(Nc2nc(Nc3ccc(F)cc3)c3nccnc3n2)c1. The highest BCUT2D eigenvalue weighted by Gasteiger charge is 2.11. The first kappa shape index (κ1) is 15.9. The van der Waals surface area contributed by atoms with Crippen LogP contribution in [0.1, 0.15) is 5.56 Å². The molecule has 0 amide bonds. The highest BCUT2D eigenvalue weighted by molar-refractivity contribution is 5.85. The van der Waals surface area contributed by atoms with E-state index >= 15 is 0 Å². The molecule has 0 saturated heterocycles. The molecule has 0 saturated carbocycles. The third-order valence-electron chi connectivity index (χ3n) is 3.71. The average Bonchev–Trinajstić information content (AvgIpc) is 2.64. The largest absolute Gasteiger partial charge is 0.338 e. The monoisotopic (exact) mass is 346 g/mol. The van der Waals surface area contributed by atoms with Gasteiger partial charge in [-0.3, -0.25) is 0 Å². The summed E-state index contributed by atoms with van der Waals surface area (Å²) >= 11 is 0. The van der Waals surface area contributed by atoms with Crippen LogP contribution >= 0.6 is 0 Å². The van der Waals surface area contributed by atoms with E-state index in [4.69, 9.17) is 0 Å². The maximum Gasteiger partial charge on any atom is 0.231 e. The fourth-order valence-electron chi connectivity index (χ4n) is 2.53. The number of rotatable bonds is 4. The van der Waals surface area contributed by atoms with E-state index in [9.17, 15) is 4.39 Å². The number of nitrogens with one attached hydrogen (secondary N) is 2. The predicted octanol–water partition coefficient (Wildman–Crippen LogP) is 4.35. The summed E-state index contributed by atoms with van der Waals surface area (Å²) in [4.78, 5) is 17.5. The average molecular weight is 346 g/mol. The highest BCUT2D eigenvalue weighted by atomic mass is 19.1. The summed E-state index contributed by atoms with van der Waals surface area (Å²) in [6.45, 7) is 2.01. The van der Waals surface area contributed by atoms with Crippen LogP contribution in [0.4, 0.5) is 27.5 Å². The number of aromatic nitrogens is 4. The van der Waals surface area contributed by atoms with Gasteiger partial charge in [-0.25, -0.2) is 14.4 Å². The summed E-state index contributed by atoms with van der Waals surface area (Å²) in [7, 11) is 0. The third kappa shape index (κ3) is 3.41. The third-order valence-corrected chi connectivity index (χ3v) is 3.71. The molecule has 0 atom stereocenters. The molecule has 4 aromatic rings. The Labute approximate surface area is 149 Å². The molecule has 0 aliphatic heterocycles. The Hall–Kier alpha value is -3.61. The van der Waals surface area contributed by atoms with Crippen LogP contribution in [0, 0.1) is 12.7 Å². The minimum Gasteiger partial charge on any atom is -0.338 e. The summed E-state index contributed by atoms with van der Waals surface area (Å²) in [6.07, 6.45) is 3.16. The molecule has 26 heavy (non-hydrogen) atoms. The minimum absolute atomic E-state index is 0.301. The van der Waals surface area contributed by atoms with Gasteiger partial charge < -0.3 is 10.6 Å². The maximum atomic E-state index is 13.1. The quantitative estimate of drug-likeness (QED) is 0.572. The summed E-state index contributed by atoms with van der Waals surface area (Å²) in [5, 5.41) is 6.33. The molecule has 4 rings (SSSR count). The second-order valence-corrected chi connectivity index (χ2v) is 5.75. The molecule has 128 valence electrons. The molecule has 0 aliphatic rings. The van der Waals surface area contributed by atoms with Crippen molar-refractivity contribution in [2.24, 2.45) is 0 Å². The summed E-state index contributed by atoms with van der Waals surface area (Å²) in [5.74, 6) is 0.586. The number of fused-ring (bicyclic) bond motifs is 1. The van der Waals surface area contributed by atoms with E-state index in [2.05, 4.69) is 30.6 Å². The van der Waals surface area contributed by atoms with Crippen molar-refractivity contribution in [3.8, 4) is 0 Å². The van der Waals surface area contributed by atoms with E-state index < -0.39 is 0 Å². The normalized spacial score (nSPS) is 10.7. The van der Waals surface area contributed by atoms with E-state index in [-0.39, 0.29) is 5.82 Å². The fraction of sp³-hybridized carbons (Fsp3) is 0.0526. The van der Waals surface area contributed by atoms with Crippen LogP contribution < -0.4 is 10.6 Å². The second kappa shape index (κ2) is 6.72. The summed E-state index contributed by atoms with van der Waals surface area (Å²) < 4.78 is 13.1. The molecular weight excluding hydrogens is 331 g/mol. The van der Waals surface area contributed by atoms with Gasteiger partial charge in [0.1, 0.15) is 5.82 Å². The molecule has 2 aromatic carbocycles. The van der Waals surface area contributed by atoms with Gasteiger partial charge in [-0.15, -0.1) is 0 Å². The lowest BCUT2D eigenvalue weighted by Gasteiger charge is -2.11. The number of anilines is 4. The van der Waals surface area contributed by atoms with Gasteiger partial charge in [0, 0.05) is 23.8 Å². The predicted molar refractivity (Wildman–Crippen MR) is 99.3 cm³/mol. The molecule has 2 N–H and O–H groups in total. The molecule has 7 heteroatoms. The van der Waals surface area contributed by atoms with Crippen molar-refractivity contribution >= 4 is 34.3 Å². The van der Waals surface area contributed by atoms with Gasteiger partial charge in [0.2, 0.25) is 5.95 Å². The molecule has 0 spiro atoms. The molecule has 2 heterocycles. The van der Waals surface area contributed by atoms with E-state index in [0.717, 1.165) is 11.3 Å². The molecule has 6 nitrogen and oxygen atoms in total. The lowest BCUT2D eigenvalue weighted by atomic mass is 10.2. The molecule has 0 radical (unpaired) electrons. The molecular formula is C19H15FN6. The van der Waals surface area contributed by atoms with Crippen LogP contribution in [0.15, 0.2) is 60.9 Å². The Morgan fingerprint density at radius 1 is 0.846 bits per heavy atom. The lowest BCUT2D eigenvalue weighted by molar-refractivity contribution is 0.628. The van der Waals surface area contributed by atoms with Crippen LogP contribution in [-0.2, 0) is 0 Å². The van der Waals surface area contributed by atoms with Crippen LogP contribution in [0.5, 0.6) is 0 Å². The van der Waals surface area contributed by atoms with Crippen molar-refractivity contribution in [3.05, 3.63) is 72.3 Å². The molecule has 0 fully saturated rings. The Morgan fingerprint density at radius 2 is 1.65 bits per heavy atom. The van der Waals surface area contributed by atoms with Crippen molar-refractivity contribution in [2.45, 2.75) is 6.92 Å². The van der Waals surface area contributed by atoms with Gasteiger partial charge in [0.15, 0.2) is 17.0 Å². The first-order chi connectivity index (χ1) is 12.7. The smallest absolute Gasteiger partial charge is 0.231 e. The number of nitrogens with zero attached hydrogens (tertiary/aromatic N) is 4. The van der Waals surface area contributed by atoms with Crippen molar-refractivity contribution < 1.29 is 4.39 Å². The van der Waals surface area contributed by atoms with Gasteiger partial charge in [0.05, 0.1) is 0 Å². The van der Waals surface area contributed by atoms with Crippen LogP contribution in [0.25, 0.3) is 11.2 Å². The van der Waals surface area contributed by atoms with E-state index in [1.54, 1.807) is 24.5 Å². The Balaban J connectivity index is 1.74. The Morgan fingerprint density at radius 3 is 2.46 bits per heavy atom. The van der Waals surface area contributed by atoms with E-state index in [0.29, 0.717) is 28.6 Å². The zero-order valence-electron chi connectivity index (χ0n) is 13.9. The van der Waals surface area contributed by atoms with Gasteiger partial charge in [-0.2, -0.15) is 9.97 Å². The Bertz CT molecular complexity index is 1070. The summed E-state index contributed by atoms with van der Waals surface area (Å²) in [5.41, 5.74) is 3.69. The van der Waals surface area contributed by atoms with Gasteiger partial charge in [-0.05, 0) is 48.9 Å². The zero-order chi connectivity index (χ0) is 17.9. The molecule has 0 unspecified atom stereocenters. The van der Waals surface area contributed by atoms with E-state index in [1.807, 2.05) is 31.2 Å². The van der Waals surface area contributed by atoms with Gasteiger partial charge in [0.25, 0.3) is 0 Å². The Kier molecular flexibility index (Phi) is 4.10. The van der Waals surface area contributed by atoms with Crippen LogP contribution in [0.2, 0.25) is 0 Å². The van der Waals surface area contributed by atoms with Crippen molar-refractivity contribution in [3.63, 3.8) is 0 Å². The van der Waals surface area contributed by atoms with Crippen molar-refractivity contribution in [1.82, 2.24) is 19.9 Å². The van der Waals surface area contributed by atoms with E-state index in [1.165, 1.54) is 12.1 Å². The van der Waals surface area contributed by atoms with Crippen LogP contribution in [0.3, 0.4) is 0 Å². The minimum atomic E-state index is -0.301. The first-order valence-corrected chi connectivity index (χ1v) is 8.02.